The molecule has 0 heterocycles. The molecule has 0 aliphatic heterocycles. The molecule has 0 N–H and O–H groups in total. The molecular weight excluding hydrogens is 468 g/mol. The summed E-state index contributed by atoms with van der Waals surface area (Å²) in [6.07, 6.45) is 0. The van der Waals surface area contributed by atoms with E-state index in [0.29, 0.717) is 65.5 Å². The largest absolute Gasteiger partial charge is 0.508 e. The highest BCUT2D eigenvalue weighted by atomic mass is 28.5. The molecule has 0 aliphatic carbocycles. The molecule has 0 saturated carbocycles. The van der Waals surface area contributed by atoms with Crippen LogP contribution in [0.5, 0.6) is 0 Å². The maximum Gasteiger partial charge on any atom is 0.508 e. The molecule has 0 atom stereocenters. The molecule has 32 heavy (non-hydrogen) atoms. The molecule has 12 heteroatoms. The Labute approximate surface area is 199 Å². The van der Waals surface area contributed by atoms with Gasteiger partial charge in [-0.15, -0.1) is 0 Å². The molecule has 0 spiro atoms. The summed E-state index contributed by atoms with van der Waals surface area (Å²) in [5, 5.41) is -0.467. The van der Waals surface area contributed by atoms with Gasteiger partial charge < -0.3 is 39.8 Å². The van der Waals surface area contributed by atoms with E-state index in [2.05, 4.69) is 0 Å². The SMILES string of the molecule is CCO[Si](CC([Si](OCC)(OCC)OCC)[Si](OCC)(OCC)OCC)(OCC)OCC. The number of hydrogen-bond acceptors (Lipinski definition) is 9. The van der Waals surface area contributed by atoms with E-state index in [1.807, 2.05) is 62.3 Å². The fraction of sp³-hybridized carbons (Fsp3) is 1.00. The van der Waals surface area contributed by atoms with E-state index >= 15 is 0 Å². The fourth-order valence-corrected chi connectivity index (χ4v) is 17.0. The third-order valence-electron chi connectivity index (χ3n) is 4.47. The molecule has 0 amide bonds. The second-order valence-electron chi connectivity index (χ2n) is 6.54. The molecule has 0 bridgehead atoms. The lowest BCUT2D eigenvalue weighted by molar-refractivity contribution is 0.0258. The summed E-state index contributed by atoms with van der Waals surface area (Å²) in [5.41, 5.74) is 0. The van der Waals surface area contributed by atoms with Crippen molar-refractivity contribution in [2.75, 3.05) is 59.5 Å². The van der Waals surface area contributed by atoms with Crippen molar-refractivity contribution >= 4 is 26.4 Å². The highest BCUT2D eigenvalue weighted by Gasteiger charge is 2.69. The van der Waals surface area contributed by atoms with Gasteiger partial charge in [0.25, 0.3) is 0 Å². The molecule has 0 radical (unpaired) electrons. The zero-order valence-corrected chi connectivity index (χ0v) is 24.8. The average Bonchev–Trinajstić information content (AvgIpc) is 2.73. The monoisotopic (exact) mass is 516 g/mol. The summed E-state index contributed by atoms with van der Waals surface area (Å²) < 4.78 is 56.7. The molecule has 194 valence electrons. The quantitative estimate of drug-likeness (QED) is 0.198. The van der Waals surface area contributed by atoms with Gasteiger partial charge in [0, 0.05) is 65.5 Å². The van der Waals surface area contributed by atoms with E-state index < -0.39 is 31.6 Å². The zero-order chi connectivity index (χ0) is 24.5. The summed E-state index contributed by atoms with van der Waals surface area (Å²) in [4.78, 5) is 0. The van der Waals surface area contributed by atoms with Crippen LogP contribution in [0.3, 0.4) is 0 Å². The summed E-state index contributed by atoms with van der Waals surface area (Å²) in [7, 11) is -9.94. The van der Waals surface area contributed by atoms with Gasteiger partial charge in [-0.3, -0.25) is 0 Å². The fourth-order valence-electron chi connectivity index (χ4n) is 3.74. The highest BCUT2D eigenvalue weighted by Crippen LogP contribution is 2.43. The molecule has 0 fully saturated rings. The van der Waals surface area contributed by atoms with Gasteiger partial charge >= 0.3 is 26.4 Å². The predicted molar refractivity (Wildman–Crippen MR) is 130 cm³/mol. The second-order valence-corrected chi connectivity index (χ2v) is 15.3. The average molecular weight is 517 g/mol. The first-order chi connectivity index (χ1) is 15.4. The standard InChI is InChI=1S/C20H48O9Si3/c1-10-21-30(22-11-2,23-12-3)19-20(31(24-13-4,25-14-5)26-15-6)32(27-16-7,28-17-8)29-18-9/h20H,10-19H2,1-9H3. The van der Waals surface area contributed by atoms with E-state index in [0.717, 1.165) is 0 Å². The van der Waals surface area contributed by atoms with Gasteiger partial charge in [0.2, 0.25) is 0 Å². The van der Waals surface area contributed by atoms with Crippen LogP contribution in [0.2, 0.25) is 11.2 Å². The predicted octanol–water partition coefficient (Wildman–Crippen LogP) is 4.04. The molecular formula is C20H48O9Si3. The van der Waals surface area contributed by atoms with Gasteiger partial charge in [-0.1, -0.05) is 0 Å². The highest BCUT2D eigenvalue weighted by molar-refractivity contribution is 6.85. The lowest BCUT2D eigenvalue weighted by atomic mass is 10.9. The molecule has 0 aromatic rings. The van der Waals surface area contributed by atoms with Crippen molar-refractivity contribution in [3.05, 3.63) is 0 Å². The molecule has 0 unspecified atom stereocenters. The van der Waals surface area contributed by atoms with Crippen LogP contribution in [0.1, 0.15) is 62.3 Å². The molecule has 0 aromatic carbocycles. The minimum atomic E-state index is -3.39. The lowest BCUT2D eigenvalue weighted by Gasteiger charge is -2.44. The Hall–Kier alpha value is 0.291. The van der Waals surface area contributed by atoms with Crippen LogP contribution in [-0.2, 0) is 39.8 Å². The Morgan fingerprint density at radius 3 is 0.781 bits per heavy atom. The van der Waals surface area contributed by atoms with Crippen LogP contribution < -0.4 is 0 Å². The molecule has 0 aromatic heterocycles. The number of hydrogen-bond donors (Lipinski definition) is 0. The normalized spacial score (nSPS) is 13.3. The third kappa shape index (κ3) is 9.15. The van der Waals surface area contributed by atoms with Crippen LogP contribution >= 0.6 is 0 Å². The van der Waals surface area contributed by atoms with Crippen molar-refractivity contribution in [2.45, 2.75) is 73.5 Å². The van der Waals surface area contributed by atoms with Gasteiger partial charge in [-0.05, 0) is 62.3 Å². The van der Waals surface area contributed by atoms with Crippen molar-refractivity contribution in [2.24, 2.45) is 0 Å². The third-order valence-corrected chi connectivity index (χ3v) is 16.8. The summed E-state index contributed by atoms with van der Waals surface area (Å²) in [6.45, 7) is 21.3. The van der Waals surface area contributed by atoms with Gasteiger partial charge in [-0.2, -0.15) is 0 Å². The minimum Gasteiger partial charge on any atom is -0.374 e. The van der Waals surface area contributed by atoms with Crippen LogP contribution in [0.25, 0.3) is 0 Å². The first kappa shape index (κ1) is 32.3. The van der Waals surface area contributed by atoms with Crippen LogP contribution in [0, 0.1) is 0 Å². The molecule has 0 saturated heterocycles. The molecule has 0 aliphatic rings. The maximum atomic E-state index is 6.34. The van der Waals surface area contributed by atoms with Crippen molar-refractivity contribution < 1.29 is 39.8 Å². The van der Waals surface area contributed by atoms with E-state index in [1.54, 1.807) is 0 Å². The van der Waals surface area contributed by atoms with Crippen LogP contribution in [-0.4, -0.2) is 85.9 Å². The van der Waals surface area contributed by atoms with E-state index in [9.17, 15) is 0 Å². The Balaban J connectivity index is 6.91. The smallest absolute Gasteiger partial charge is 0.374 e. The van der Waals surface area contributed by atoms with Crippen molar-refractivity contribution in [3.8, 4) is 0 Å². The first-order valence-corrected chi connectivity index (χ1v) is 17.7. The maximum absolute atomic E-state index is 6.34. The van der Waals surface area contributed by atoms with Crippen molar-refractivity contribution in [1.82, 2.24) is 0 Å². The van der Waals surface area contributed by atoms with Gasteiger partial charge in [0.15, 0.2) is 0 Å². The summed E-state index contributed by atoms with van der Waals surface area (Å²) in [5.74, 6) is 0. The van der Waals surface area contributed by atoms with E-state index in [4.69, 9.17) is 39.8 Å². The molecule has 9 nitrogen and oxygen atoms in total. The van der Waals surface area contributed by atoms with Crippen LogP contribution in [0.15, 0.2) is 0 Å². The molecule has 0 rings (SSSR count). The second kappa shape index (κ2) is 17.7. The van der Waals surface area contributed by atoms with Gasteiger partial charge in [-0.25, -0.2) is 0 Å². The van der Waals surface area contributed by atoms with Gasteiger partial charge in [0.05, 0.1) is 0 Å². The summed E-state index contributed by atoms with van der Waals surface area (Å²) >= 11 is 0. The van der Waals surface area contributed by atoms with Crippen molar-refractivity contribution in [1.29, 1.82) is 0 Å². The zero-order valence-electron chi connectivity index (χ0n) is 21.8. The van der Waals surface area contributed by atoms with Gasteiger partial charge in [0.1, 0.15) is 5.16 Å². The van der Waals surface area contributed by atoms with E-state index in [-0.39, 0.29) is 0 Å². The van der Waals surface area contributed by atoms with E-state index in [1.165, 1.54) is 0 Å². The number of rotatable bonds is 22. The Morgan fingerprint density at radius 2 is 0.594 bits per heavy atom. The Kier molecular flexibility index (Phi) is 17.8. The lowest BCUT2D eigenvalue weighted by Crippen LogP contribution is -2.66. The summed E-state index contributed by atoms with van der Waals surface area (Å²) in [6, 6.07) is 0.362. The van der Waals surface area contributed by atoms with Crippen molar-refractivity contribution in [3.63, 3.8) is 0 Å². The first-order valence-electron chi connectivity index (χ1n) is 12.1. The Morgan fingerprint density at radius 1 is 0.375 bits per heavy atom. The Bertz CT molecular complexity index is 383. The van der Waals surface area contributed by atoms with Crippen LogP contribution in [0.4, 0.5) is 0 Å². The topological polar surface area (TPSA) is 83.1 Å². The minimum absolute atomic E-state index is 0.362.